The summed E-state index contributed by atoms with van der Waals surface area (Å²) in [6.07, 6.45) is 0. The van der Waals surface area contributed by atoms with Crippen LogP contribution in [0.15, 0.2) is 35.3 Å². The van der Waals surface area contributed by atoms with Gasteiger partial charge in [-0.15, -0.1) is 0 Å². The van der Waals surface area contributed by atoms with Crippen LogP contribution in [0.3, 0.4) is 0 Å². The van der Waals surface area contributed by atoms with Gasteiger partial charge in [-0.2, -0.15) is 0 Å². The number of rotatable bonds is 2. The van der Waals surface area contributed by atoms with Crippen LogP contribution in [-0.4, -0.2) is 30.2 Å². The van der Waals surface area contributed by atoms with Crippen molar-refractivity contribution >= 4 is 16.9 Å². The summed E-state index contributed by atoms with van der Waals surface area (Å²) in [7, 11) is 2.10. The van der Waals surface area contributed by atoms with Crippen molar-refractivity contribution in [1.29, 1.82) is 0 Å². The second-order valence-electron chi connectivity index (χ2n) is 3.36. The lowest BCUT2D eigenvalue weighted by Crippen LogP contribution is -2.19. The van der Waals surface area contributed by atoms with Crippen LogP contribution >= 0.6 is 11.8 Å². The average molecular weight is 206 g/mol. The fourth-order valence-corrected chi connectivity index (χ4v) is 2.37. The first-order chi connectivity index (χ1) is 6.86. The summed E-state index contributed by atoms with van der Waals surface area (Å²) < 4.78 is 0. The Hall–Kier alpha value is -0.960. The molecule has 14 heavy (non-hydrogen) atoms. The SMILES string of the molecule is CN1CCN=C1SCc1ccccc1. The van der Waals surface area contributed by atoms with E-state index in [1.54, 1.807) is 0 Å². The fourth-order valence-electron chi connectivity index (χ4n) is 1.39. The maximum absolute atomic E-state index is 4.44. The first kappa shape index (κ1) is 9.59. The summed E-state index contributed by atoms with van der Waals surface area (Å²) in [6, 6.07) is 10.5. The van der Waals surface area contributed by atoms with E-state index in [4.69, 9.17) is 0 Å². The second-order valence-corrected chi connectivity index (χ2v) is 4.30. The molecule has 0 aromatic heterocycles. The molecule has 1 heterocycles. The Morgan fingerprint density at radius 2 is 2.14 bits per heavy atom. The van der Waals surface area contributed by atoms with E-state index in [2.05, 4.69) is 41.2 Å². The molecular weight excluding hydrogens is 192 g/mol. The Balaban J connectivity index is 1.89. The van der Waals surface area contributed by atoms with Crippen molar-refractivity contribution in [3.05, 3.63) is 35.9 Å². The molecule has 1 aromatic rings. The van der Waals surface area contributed by atoms with Gasteiger partial charge in [0.15, 0.2) is 5.17 Å². The molecule has 1 aliphatic heterocycles. The van der Waals surface area contributed by atoms with Gasteiger partial charge in [-0.1, -0.05) is 42.1 Å². The molecule has 0 fully saturated rings. The van der Waals surface area contributed by atoms with Gasteiger partial charge < -0.3 is 4.90 Å². The minimum Gasteiger partial charge on any atom is -0.353 e. The normalized spacial score (nSPS) is 15.8. The Labute approximate surface area is 89.0 Å². The molecule has 0 atom stereocenters. The number of aliphatic imine (C=N–C) groups is 1. The zero-order chi connectivity index (χ0) is 9.80. The summed E-state index contributed by atoms with van der Waals surface area (Å²) in [4.78, 5) is 6.65. The van der Waals surface area contributed by atoms with Crippen molar-refractivity contribution < 1.29 is 0 Å². The number of hydrogen-bond donors (Lipinski definition) is 0. The van der Waals surface area contributed by atoms with Crippen molar-refractivity contribution in [3.8, 4) is 0 Å². The molecule has 3 heteroatoms. The van der Waals surface area contributed by atoms with Crippen molar-refractivity contribution in [1.82, 2.24) is 4.90 Å². The maximum Gasteiger partial charge on any atom is 0.159 e. The quantitative estimate of drug-likeness (QED) is 0.737. The molecule has 0 N–H and O–H groups in total. The number of amidine groups is 1. The Morgan fingerprint density at radius 1 is 1.36 bits per heavy atom. The predicted molar refractivity (Wildman–Crippen MR) is 62.7 cm³/mol. The topological polar surface area (TPSA) is 15.6 Å². The number of benzene rings is 1. The van der Waals surface area contributed by atoms with Crippen molar-refractivity contribution in [2.45, 2.75) is 5.75 Å². The zero-order valence-corrected chi connectivity index (χ0v) is 9.13. The molecule has 74 valence electrons. The van der Waals surface area contributed by atoms with Crippen molar-refractivity contribution in [2.75, 3.05) is 20.1 Å². The summed E-state index contributed by atoms with van der Waals surface area (Å²) in [5, 5.41) is 1.17. The summed E-state index contributed by atoms with van der Waals surface area (Å²) >= 11 is 1.82. The number of nitrogens with zero attached hydrogens (tertiary/aromatic N) is 2. The van der Waals surface area contributed by atoms with Crippen LogP contribution in [0.4, 0.5) is 0 Å². The van der Waals surface area contributed by atoms with E-state index in [1.165, 1.54) is 10.7 Å². The predicted octanol–water partition coefficient (Wildman–Crippen LogP) is 2.22. The monoisotopic (exact) mass is 206 g/mol. The zero-order valence-electron chi connectivity index (χ0n) is 8.31. The highest BCUT2D eigenvalue weighted by Gasteiger charge is 2.12. The van der Waals surface area contributed by atoms with Gasteiger partial charge in [0.05, 0.1) is 6.54 Å². The fraction of sp³-hybridized carbons (Fsp3) is 0.364. The summed E-state index contributed by atoms with van der Waals surface area (Å²) in [5.74, 6) is 1.02. The van der Waals surface area contributed by atoms with E-state index in [1.807, 2.05) is 17.8 Å². The van der Waals surface area contributed by atoms with Crippen LogP contribution < -0.4 is 0 Å². The second kappa shape index (κ2) is 4.51. The van der Waals surface area contributed by atoms with Gasteiger partial charge in [-0.25, -0.2) is 0 Å². The standard InChI is InChI=1S/C11H14N2S/c1-13-8-7-12-11(13)14-9-10-5-3-2-4-6-10/h2-6H,7-9H2,1H3. The van der Waals surface area contributed by atoms with Crippen LogP contribution in [0.5, 0.6) is 0 Å². The smallest absolute Gasteiger partial charge is 0.159 e. The van der Waals surface area contributed by atoms with E-state index in [9.17, 15) is 0 Å². The summed E-state index contributed by atoms with van der Waals surface area (Å²) in [5.41, 5.74) is 1.36. The van der Waals surface area contributed by atoms with Crippen LogP contribution in [0.25, 0.3) is 0 Å². The third-order valence-corrected chi connectivity index (χ3v) is 3.40. The third kappa shape index (κ3) is 2.29. The molecule has 1 aliphatic rings. The number of hydrogen-bond acceptors (Lipinski definition) is 3. The third-order valence-electron chi connectivity index (χ3n) is 2.22. The minimum atomic E-state index is 0.952. The highest BCUT2D eigenvalue weighted by Crippen LogP contribution is 2.17. The molecule has 0 amide bonds. The van der Waals surface area contributed by atoms with Crippen molar-refractivity contribution in [2.24, 2.45) is 4.99 Å². The lowest BCUT2D eigenvalue weighted by Gasteiger charge is -2.12. The van der Waals surface area contributed by atoms with E-state index in [0.717, 1.165) is 18.8 Å². The summed E-state index contributed by atoms with van der Waals surface area (Å²) in [6.45, 7) is 2.02. The first-order valence-electron chi connectivity index (χ1n) is 4.78. The lowest BCUT2D eigenvalue weighted by molar-refractivity contribution is 0.564. The highest BCUT2D eigenvalue weighted by atomic mass is 32.2. The van der Waals surface area contributed by atoms with Crippen molar-refractivity contribution in [3.63, 3.8) is 0 Å². The Morgan fingerprint density at radius 3 is 2.79 bits per heavy atom. The van der Waals surface area contributed by atoms with Gasteiger partial charge in [0.2, 0.25) is 0 Å². The molecule has 0 radical (unpaired) electrons. The molecular formula is C11H14N2S. The molecule has 2 rings (SSSR count). The molecule has 1 aromatic carbocycles. The van der Waals surface area contributed by atoms with Gasteiger partial charge in [0.25, 0.3) is 0 Å². The van der Waals surface area contributed by atoms with Crippen LogP contribution in [0, 0.1) is 0 Å². The van der Waals surface area contributed by atoms with Crippen LogP contribution in [0.1, 0.15) is 5.56 Å². The van der Waals surface area contributed by atoms with E-state index >= 15 is 0 Å². The molecule has 0 bridgehead atoms. The van der Waals surface area contributed by atoms with Gasteiger partial charge in [-0.05, 0) is 5.56 Å². The lowest BCUT2D eigenvalue weighted by atomic mass is 10.2. The molecule has 0 saturated heterocycles. The van der Waals surface area contributed by atoms with Crippen LogP contribution in [0.2, 0.25) is 0 Å². The molecule has 0 unspecified atom stereocenters. The highest BCUT2D eigenvalue weighted by molar-refractivity contribution is 8.13. The number of thioether (sulfide) groups is 1. The van der Waals surface area contributed by atoms with E-state index < -0.39 is 0 Å². The van der Waals surface area contributed by atoms with Gasteiger partial charge >= 0.3 is 0 Å². The minimum absolute atomic E-state index is 0.952. The Bertz CT molecular complexity index is 321. The van der Waals surface area contributed by atoms with Gasteiger partial charge in [0, 0.05) is 19.3 Å². The van der Waals surface area contributed by atoms with Gasteiger partial charge in [-0.3, -0.25) is 4.99 Å². The molecule has 0 spiro atoms. The number of likely N-dealkylation sites (N-methyl/N-ethyl adjacent to an activating group) is 1. The molecule has 0 saturated carbocycles. The molecule has 0 aliphatic carbocycles. The average Bonchev–Trinajstić information content (AvgIpc) is 2.63. The van der Waals surface area contributed by atoms with E-state index in [-0.39, 0.29) is 0 Å². The Kier molecular flexibility index (Phi) is 3.09. The largest absolute Gasteiger partial charge is 0.353 e. The molecule has 2 nitrogen and oxygen atoms in total. The van der Waals surface area contributed by atoms with Gasteiger partial charge in [0.1, 0.15) is 0 Å². The van der Waals surface area contributed by atoms with Crippen LogP contribution in [-0.2, 0) is 5.75 Å². The maximum atomic E-state index is 4.44. The first-order valence-corrected chi connectivity index (χ1v) is 5.77. The van der Waals surface area contributed by atoms with E-state index in [0.29, 0.717) is 0 Å².